The van der Waals surface area contributed by atoms with Gasteiger partial charge in [0.1, 0.15) is 16.2 Å². The Labute approximate surface area is 117 Å². The van der Waals surface area contributed by atoms with E-state index in [-0.39, 0.29) is 0 Å². The number of nitrogens with one attached hydrogen (secondary N) is 1. The quantitative estimate of drug-likeness (QED) is 0.848. The Morgan fingerprint density at radius 1 is 1.44 bits per heavy atom. The van der Waals surface area contributed by atoms with Crippen molar-refractivity contribution in [1.82, 2.24) is 9.97 Å². The summed E-state index contributed by atoms with van der Waals surface area (Å²) in [5, 5.41) is 3.48. The van der Waals surface area contributed by atoms with Crippen LogP contribution in [0.2, 0.25) is 0 Å². The van der Waals surface area contributed by atoms with E-state index in [1.165, 1.54) is 0 Å². The molecule has 2 rings (SSSR count). The van der Waals surface area contributed by atoms with Crippen molar-refractivity contribution in [2.45, 2.75) is 51.2 Å². The van der Waals surface area contributed by atoms with Crippen molar-refractivity contribution in [2.75, 3.05) is 12.4 Å². The number of hydrogen-bond donors (Lipinski definition) is 1. The summed E-state index contributed by atoms with van der Waals surface area (Å²) in [5.41, 5.74) is 0. The van der Waals surface area contributed by atoms with E-state index >= 15 is 0 Å². The van der Waals surface area contributed by atoms with Gasteiger partial charge in [0.05, 0.1) is 6.10 Å². The number of anilines is 1. The third kappa shape index (κ3) is 3.65. The summed E-state index contributed by atoms with van der Waals surface area (Å²) in [7, 11) is 1.79. The lowest BCUT2D eigenvalue weighted by molar-refractivity contribution is 0.108. The largest absolute Gasteiger partial charge is 0.381 e. The molecule has 1 N–H and O–H groups in total. The van der Waals surface area contributed by atoms with E-state index in [1.54, 1.807) is 7.11 Å². The molecule has 0 saturated heterocycles. The minimum absolute atomic E-state index is 0.392. The zero-order valence-electron chi connectivity index (χ0n) is 10.9. The highest BCUT2D eigenvalue weighted by Gasteiger charge is 2.24. The smallest absolute Gasteiger partial charge is 0.132 e. The molecule has 1 saturated carbocycles. The lowest BCUT2D eigenvalue weighted by atomic mass is 10.2. The highest BCUT2D eigenvalue weighted by Crippen LogP contribution is 2.25. The number of hydrogen-bond acceptors (Lipinski definition) is 4. The number of nitrogens with zero attached hydrogens (tertiary/aromatic N) is 2. The lowest BCUT2D eigenvalue weighted by Crippen LogP contribution is -2.18. The molecule has 5 heteroatoms. The predicted octanol–water partition coefficient (Wildman–Crippen LogP) is 3.17. The molecule has 0 bridgehead atoms. The number of aryl methyl sites for hydroxylation is 1. The van der Waals surface area contributed by atoms with Crippen LogP contribution in [0.25, 0.3) is 0 Å². The number of rotatable bonds is 5. The van der Waals surface area contributed by atoms with E-state index in [0.29, 0.717) is 12.1 Å². The van der Waals surface area contributed by atoms with Crippen LogP contribution in [0.3, 0.4) is 0 Å². The normalized spacial score (nSPS) is 23.3. The van der Waals surface area contributed by atoms with Gasteiger partial charge in [-0.05, 0) is 41.6 Å². The highest BCUT2D eigenvalue weighted by molar-refractivity contribution is 9.10. The van der Waals surface area contributed by atoms with Gasteiger partial charge in [-0.3, -0.25) is 0 Å². The van der Waals surface area contributed by atoms with Crippen LogP contribution in [-0.2, 0) is 11.2 Å². The molecule has 0 spiro atoms. The van der Waals surface area contributed by atoms with Gasteiger partial charge in [0.15, 0.2) is 0 Å². The van der Waals surface area contributed by atoms with Gasteiger partial charge in [0.2, 0.25) is 0 Å². The Morgan fingerprint density at radius 2 is 2.28 bits per heavy atom. The molecule has 1 aliphatic carbocycles. The fourth-order valence-electron chi connectivity index (χ4n) is 2.37. The fourth-order valence-corrected chi connectivity index (χ4v) is 2.79. The van der Waals surface area contributed by atoms with Gasteiger partial charge in [-0.2, -0.15) is 0 Å². The molecule has 1 aromatic heterocycles. The first-order chi connectivity index (χ1) is 8.71. The molecule has 1 fully saturated rings. The minimum atomic E-state index is 0.392. The molecule has 100 valence electrons. The van der Waals surface area contributed by atoms with E-state index < -0.39 is 0 Å². The molecule has 0 amide bonds. The second-order valence-corrected chi connectivity index (χ2v) is 5.57. The van der Waals surface area contributed by atoms with Crippen LogP contribution < -0.4 is 5.32 Å². The standard InChI is InChI=1S/C13H20BrN3O/c1-3-4-12-16-11(14)8-13(17-12)15-9-5-6-10(7-9)18-2/h8-10H,3-7H2,1-2H3,(H,15,16,17). The minimum Gasteiger partial charge on any atom is -0.381 e. The monoisotopic (exact) mass is 313 g/mol. The average molecular weight is 314 g/mol. The number of aromatic nitrogens is 2. The lowest BCUT2D eigenvalue weighted by Gasteiger charge is -2.14. The maximum atomic E-state index is 5.38. The fraction of sp³-hybridized carbons (Fsp3) is 0.692. The molecule has 1 aromatic rings. The van der Waals surface area contributed by atoms with Crippen LogP contribution in [0, 0.1) is 0 Å². The summed E-state index contributed by atoms with van der Waals surface area (Å²) < 4.78 is 6.23. The van der Waals surface area contributed by atoms with Gasteiger partial charge < -0.3 is 10.1 Å². The van der Waals surface area contributed by atoms with Gasteiger partial charge in [0.25, 0.3) is 0 Å². The Bertz CT molecular complexity index is 400. The van der Waals surface area contributed by atoms with Crippen molar-refractivity contribution in [1.29, 1.82) is 0 Å². The van der Waals surface area contributed by atoms with Crippen molar-refractivity contribution in [3.8, 4) is 0 Å². The molecule has 1 aliphatic rings. The van der Waals surface area contributed by atoms with E-state index in [1.807, 2.05) is 6.07 Å². The van der Waals surface area contributed by atoms with Crippen LogP contribution in [-0.4, -0.2) is 29.2 Å². The van der Waals surface area contributed by atoms with Crippen molar-refractivity contribution in [3.05, 3.63) is 16.5 Å². The first-order valence-corrected chi connectivity index (χ1v) is 7.33. The predicted molar refractivity (Wildman–Crippen MR) is 75.8 cm³/mol. The maximum Gasteiger partial charge on any atom is 0.132 e. The summed E-state index contributed by atoms with van der Waals surface area (Å²) in [6.07, 6.45) is 5.69. The number of ether oxygens (including phenoxy) is 1. The summed E-state index contributed by atoms with van der Waals surface area (Å²) >= 11 is 3.44. The van der Waals surface area contributed by atoms with Crippen molar-refractivity contribution < 1.29 is 4.74 Å². The Kier molecular flexibility index (Phi) is 4.95. The van der Waals surface area contributed by atoms with E-state index in [4.69, 9.17) is 4.74 Å². The van der Waals surface area contributed by atoms with Crippen molar-refractivity contribution in [3.63, 3.8) is 0 Å². The Balaban J connectivity index is 2.00. The molecular formula is C13H20BrN3O. The topological polar surface area (TPSA) is 47.0 Å². The summed E-state index contributed by atoms with van der Waals surface area (Å²) in [5.74, 6) is 1.82. The van der Waals surface area contributed by atoms with Crippen molar-refractivity contribution >= 4 is 21.7 Å². The Morgan fingerprint density at radius 3 is 2.94 bits per heavy atom. The zero-order valence-corrected chi connectivity index (χ0v) is 12.5. The van der Waals surface area contributed by atoms with Gasteiger partial charge in [0, 0.05) is 25.6 Å². The van der Waals surface area contributed by atoms with E-state index in [2.05, 4.69) is 38.1 Å². The molecule has 0 aliphatic heterocycles. The van der Waals surface area contributed by atoms with Crippen LogP contribution >= 0.6 is 15.9 Å². The summed E-state index contributed by atoms with van der Waals surface area (Å²) in [6, 6.07) is 2.41. The van der Waals surface area contributed by atoms with Crippen LogP contribution in [0.4, 0.5) is 5.82 Å². The SMILES string of the molecule is CCCc1nc(Br)cc(NC2CCC(OC)C2)n1. The molecule has 1 heterocycles. The van der Waals surface area contributed by atoms with E-state index in [0.717, 1.165) is 48.3 Å². The third-order valence-corrected chi connectivity index (χ3v) is 3.69. The molecule has 18 heavy (non-hydrogen) atoms. The van der Waals surface area contributed by atoms with E-state index in [9.17, 15) is 0 Å². The molecular weight excluding hydrogens is 294 g/mol. The van der Waals surface area contributed by atoms with Crippen LogP contribution in [0.1, 0.15) is 38.4 Å². The number of halogens is 1. The zero-order chi connectivity index (χ0) is 13.0. The third-order valence-electron chi connectivity index (χ3n) is 3.28. The highest BCUT2D eigenvalue weighted by atomic mass is 79.9. The summed E-state index contributed by atoms with van der Waals surface area (Å²) in [6.45, 7) is 2.14. The first-order valence-electron chi connectivity index (χ1n) is 6.54. The van der Waals surface area contributed by atoms with Gasteiger partial charge >= 0.3 is 0 Å². The van der Waals surface area contributed by atoms with Gasteiger partial charge in [-0.15, -0.1) is 0 Å². The van der Waals surface area contributed by atoms with Gasteiger partial charge in [-0.25, -0.2) is 9.97 Å². The van der Waals surface area contributed by atoms with Gasteiger partial charge in [-0.1, -0.05) is 6.92 Å². The van der Waals surface area contributed by atoms with Crippen LogP contribution in [0.5, 0.6) is 0 Å². The number of methoxy groups -OCH3 is 1. The Hall–Kier alpha value is -0.680. The average Bonchev–Trinajstić information content (AvgIpc) is 2.76. The summed E-state index contributed by atoms with van der Waals surface area (Å²) in [4.78, 5) is 8.91. The molecule has 0 aromatic carbocycles. The molecule has 2 atom stereocenters. The molecule has 2 unspecified atom stereocenters. The van der Waals surface area contributed by atoms with Crippen molar-refractivity contribution in [2.24, 2.45) is 0 Å². The molecule has 4 nitrogen and oxygen atoms in total. The second-order valence-electron chi connectivity index (χ2n) is 4.75. The maximum absolute atomic E-state index is 5.38. The molecule has 0 radical (unpaired) electrons. The first kappa shape index (κ1) is 13.7. The van der Waals surface area contributed by atoms with Crippen LogP contribution in [0.15, 0.2) is 10.7 Å². The second kappa shape index (κ2) is 6.48.